The number of hydrogen-bond donors (Lipinski definition) is 0. The molecule has 7 heteroatoms. The number of esters is 1. The van der Waals surface area contributed by atoms with Crippen LogP contribution in [0.3, 0.4) is 0 Å². The molecule has 0 atom stereocenters. The highest BCUT2D eigenvalue weighted by Gasteiger charge is 2.22. The maximum Gasteiger partial charge on any atom is 0.338 e. The lowest BCUT2D eigenvalue weighted by Crippen LogP contribution is -2.40. The van der Waals surface area contributed by atoms with Crippen LogP contribution < -0.4 is 0 Å². The number of likely N-dealkylation sites (tertiary alicyclic amines) is 1. The number of carbonyl (C=O) groups excluding carboxylic acids is 2. The van der Waals surface area contributed by atoms with Gasteiger partial charge in [0.25, 0.3) is 5.91 Å². The van der Waals surface area contributed by atoms with E-state index >= 15 is 0 Å². The Morgan fingerprint density at radius 3 is 2.81 bits per heavy atom. The van der Waals surface area contributed by atoms with E-state index in [0.717, 1.165) is 48.2 Å². The van der Waals surface area contributed by atoms with Crippen LogP contribution in [0.4, 0.5) is 0 Å². The Balaban J connectivity index is 1.53. The second kappa shape index (κ2) is 9.46. The van der Waals surface area contributed by atoms with Crippen molar-refractivity contribution < 1.29 is 14.3 Å². The molecule has 1 aromatic rings. The Morgan fingerprint density at radius 2 is 2.08 bits per heavy atom. The Morgan fingerprint density at radius 1 is 1.31 bits per heavy atom. The van der Waals surface area contributed by atoms with Crippen LogP contribution in [0.2, 0.25) is 0 Å². The van der Waals surface area contributed by atoms with Gasteiger partial charge in [-0.1, -0.05) is 48.6 Å². The number of carbonyl (C=O) groups is 2. The van der Waals surface area contributed by atoms with E-state index in [4.69, 9.17) is 4.74 Å². The molecule has 1 saturated heterocycles. The van der Waals surface area contributed by atoms with Crippen LogP contribution in [0.1, 0.15) is 35.7 Å². The fourth-order valence-corrected chi connectivity index (χ4v) is 4.96. The number of rotatable bonds is 5. The van der Waals surface area contributed by atoms with Crippen molar-refractivity contribution >= 4 is 39.8 Å². The summed E-state index contributed by atoms with van der Waals surface area (Å²) in [7, 11) is 0. The Labute approximate surface area is 163 Å². The van der Waals surface area contributed by atoms with E-state index in [1.54, 1.807) is 34.5 Å². The molecule has 2 aliphatic heterocycles. The van der Waals surface area contributed by atoms with Gasteiger partial charge in [-0.2, -0.15) is 0 Å². The van der Waals surface area contributed by atoms with Crippen molar-refractivity contribution in [2.75, 3.05) is 32.0 Å². The van der Waals surface area contributed by atoms with Crippen molar-refractivity contribution in [3.8, 4) is 0 Å². The highest BCUT2D eigenvalue weighted by molar-refractivity contribution is 8.38. The molecule has 26 heavy (non-hydrogen) atoms. The third-order valence-electron chi connectivity index (χ3n) is 4.61. The van der Waals surface area contributed by atoms with Crippen LogP contribution in [0.5, 0.6) is 0 Å². The van der Waals surface area contributed by atoms with Crippen LogP contribution in [-0.2, 0) is 15.3 Å². The summed E-state index contributed by atoms with van der Waals surface area (Å²) >= 11 is 3.40. The molecule has 0 bridgehead atoms. The molecule has 3 rings (SSSR count). The van der Waals surface area contributed by atoms with Gasteiger partial charge in [-0.25, -0.2) is 4.79 Å². The number of ether oxygens (including phenoxy) is 1. The molecule has 0 radical (unpaired) electrons. The van der Waals surface area contributed by atoms with E-state index in [9.17, 15) is 9.59 Å². The molecule has 0 spiro atoms. The second-order valence-electron chi connectivity index (χ2n) is 6.58. The summed E-state index contributed by atoms with van der Waals surface area (Å²) < 4.78 is 6.38. The van der Waals surface area contributed by atoms with Gasteiger partial charge in [0.15, 0.2) is 6.61 Å². The standard InChI is InChI=1S/C19H24N2O3S2/c1-14-6-9-21(10-7-14)17(22)12-24-18(23)16-5-3-2-4-15(16)13-26-19-20-8-11-25-19/h2-5,14H,6-13H2,1H3. The summed E-state index contributed by atoms with van der Waals surface area (Å²) in [6.07, 6.45) is 2.03. The first-order valence-electron chi connectivity index (χ1n) is 8.96. The van der Waals surface area contributed by atoms with Gasteiger partial charge in [0.2, 0.25) is 0 Å². The predicted molar refractivity (Wildman–Crippen MR) is 108 cm³/mol. The molecule has 0 aliphatic carbocycles. The number of thioether (sulfide) groups is 2. The van der Waals surface area contributed by atoms with Crippen LogP contribution in [-0.4, -0.2) is 53.1 Å². The van der Waals surface area contributed by atoms with Crippen molar-refractivity contribution in [2.24, 2.45) is 10.9 Å². The third-order valence-corrected chi connectivity index (χ3v) is 6.91. The van der Waals surface area contributed by atoms with Gasteiger partial charge in [0.1, 0.15) is 4.38 Å². The highest BCUT2D eigenvalue weighted by atomic mass is 32.2. The minimum atomic E-state index is -0.430. The van der Waals surface area contributed by atoms with Crippen molar-refractivity contribution in [3.63, 3.8) is 0 Å². The van der Waals surface area contributed by atoms with Gasteiger partial charge in [-0.15, -0.1) is 0 Å². The summed E-state index contributed by atoms with van der Waals surface area (Å²) in [5.41, 5.74) is 1.45. The first-order chi connectivity index (χ1) is 12.6. The van der Waals surface area contributed by atoms with Crippen molar-refractivity contribution in [2.45, 2.75) is 25.5 Å². The maximum atomic E-state index is 12.5. The van der Waals surface area contributed by atoms with E-state index in [1.807, 2.05) is 18.2 Å². The van der Waals surface area contributed by atoms with Gasteiger partial charge in [-0.3, -0.25) is 9.79 Å². The lowest BCUT2D eigenvalue weighted by molar-refractivity contribution is -0.135. The quantitative estimate of drug-likeness (QED) is 0.719. The number of hydrogen-bond acceptors (Lipinski definition) is 6. The zero-order valence-electron chi connectivity index (χ0n) is 15.0. The fraction of sp³-hybridized carbons (Fsp3) is 0.526. The monoisotopic (exact) mass is 392 g/mol. The summed E-state index contributed by atoms with van der Waals surface area (Å²) in [5.74, 6) is 1.83. The molecule has 1 amide bonds. The van der Waals surface area contributed by atoms with Crippen LogP contribution in [0.25, 0.3) is 0 Å². The van der Waals surface area contributed by atoms with E-state index in [-0.39, 0.29) is 12.5 Å². The Kier molecular flexibility index (Phi) is 7.02. The van der Waals surface area contributed by atoms with Gasteiger partial charge in [0, 0.05) is 24.6 Å². The molecule has 2 aliphatic rings. The highest BCUT2D eigenvalue weighted by Crippen LogP contribution is 2.26. The van der Waals surface area contributed by atoms with Crippen molar-refractivity contribution in [1.29, 1.82) is 0 Å². The summed E-state index contributed by atoms with van der Waals surface area (Å²) in [4.78, 5) is 30.9. The largest absolute Gasteiger partial charge is 0.452 e. The van der Waals surface area contributed by atoms with E-state index < -0.39 is 5.97 Å². The van der Waals surface area contributed by atoms with Crippen LogP contribution >= 0.6 is 23.5 Å². The second-order valence-corrected chi connectivity index (χ2v) is 8.89. The zero-order valence-corrected chi connectivity index (χ0v) is 16.6. The number of benzene rings is 1. The number of nitrogens with zero attached hydrogens (tertiary/aromatic N) is 2. The van der Waals surface area contributed by atoms with Crippen LogP contribution in [0, 0.1) is 5.92 Å². The van der Waals surface area contributed by atoms with Crippen molar-refractivity contribution in [3.05, 3.63) is 35.4 Å². The SMILES string of the molecule is CC1CCN(C(=O)COC(=O)c2ccccc2CSC2=NCCS2)CC1. The normalized spacial score (nSPS) is 17.9. The molecule has 0 N–H and O–H groups in total. The molecule has 1 fully saturated rings. The van der Waals surface area contributed by atoms with E-state index in [2.05, 4.69) is 11.9 Å². The first kappa shape index (κ1) is 19.3. The number of piperidine rings is 1. The average Bonchev–Trinajstić information content (AvgIpc) is 3.18. The summed E-state index contributed by atoms with van der Waals surface area (Å²) in [5, 5.41) is 0. The molecule has 0 saturated carbocycles. The van der Waals surface area contributed by atoms with Crippen LogP contribution in [0.15, 0.2) is 29.3 Å². The predicted octanol–water partition coefficient (Wildman–Crippen LogP) is 3.44. The van der Waals surface area contributed by atoms with E-state index in [1.165, 1.54) is 0 Å². The van der Waals surface area contributed by atoms with Gasteiger partial charge in [-0.05, 0) is 30.4 Å². The molecular formula is C19H24N2O3S2. The average molecular weight is 393 g/mol. The number of aliphatic imine (C=N–C) groups is 1. The number of amides is 1. The smallest absolute Gasteiger partial charge is 0.338 e. The summed E-state index contributed by atoms with van der Waals surface area (Å²) in [6, 6.07) is 7.42. The molecule has 0 unspecified atom stereocenters. The van der Waals surface area contributed by atoms with Gasteiger partial charge >= 0.3 is 5.97 Å². The fourth-order valence-electron chi connectivity index (χ4n) is 2.94. The third kappa shape index (κ3) is 5.27. The topological polar surface area (TPSA) is 59.0 Å². The molecule has 140 valence electrons. The zero-order chi connectivity index (χ0) is 18.4. The minimum Gasteiger partial charge on any atom is -0.452 e. The lowest BCUT2D eigenvalue weighted by Gasteiger charge is -2.30. The Hall–Kier alpha value is -1.47. The summed E-state index contributed by atoms with van der Waals surface area (Å²) in [6.45, 7) is 4.40. The molecule has 5 nitrogen and oxygen atoms in total. The molecule has 0 aromatic heterocycles. The van der Waals surface area contributed by atoms with Gasteiger partial charge in [0.05, 0.1) is 12.1 Å². The van der Waals surface area contributed by atoms with Gasteiger partial charge < -0.3 is 9.64 Å². The lowest BCUT2D eigenvalue weighted by atomic mass is 9.99. The Bertz CT molecular complexity index is 685. The van der Waals surface area contributed by atoms with E-state index in [0.29, 0.717) is 17.2 Å². The maximum absolute atomic E-state index is 12.5. The minimum absolute atomic E-state index is 0.103. The first-order valence-corrected chi connectivity index (χ1v) is 10.9. The molecule has 2 heterocycles. The van der Waals surface area contributed by atoms with Crippen molar-refractivity contribution in [1.82, 2.24) is 4.90 Å². The molecule has 1 aromatic carbocycles. The molecular weight excluding hydrogens is 368 g/mol.